The lowest BCUT2D eigenvalue weighted by atomic mass is 10.1. The fraction of sp³-hybridized carbons (Fsp3) is 0.167. The van der Waals surface area contributed by atoms with E-state index in [0.717, 1.165) is 59.2 Å². The standard InChI is InChI=1S/C24H21N7O2/c1-32-21-12-18(4-5-20(21)31-8-6-25-15-31)28-22-23-26-7-9-30(23)14-19(29-22)17-11-16-3-2-10-33-24(16)27-13-17/h4-9,11-15H,2-3,10H2,1H3,(H,28,29). The minimum absolute atomic E-state index is 0.643. The van der Waals surface area contributed by atoms with E-state index < -0.39 is 0 Å². The number of rotatable bonds is 5. The van der Waals surface area contributed by atoms with Gasteiger partial charge in [0.25, 0.3) is 0 Å². The summed E-state index contributed by atoms with van der Waals surface area (Å²) in [6, 6.07) is 7.99. The van der Waals surface area contributed by atoms with Gasteiger partial charge in [-0.15, -0.1) is 0 Å². The largest absolute Gasteiger partial charge is 0.494 e. The van der Waals surface area contributed by atoms with Gasteiger partial charge in [-0.2, -0.15) is 0 Å². The zero-order valence-corrected chi connectivity index (χ0v) is 18.0. The predicted octanol–water partition coefficient (Wildman–Crippen LogP) is 4.05. The lowest BCUT2D eigenvalue weighted by Gasteiger charge is -2.17. The van der Waals surface area contributed by atoms with Crippen molar-refractivity contribution < 1.29 is 9.47 Å². The zero-order chi connectivity index (χ0) is 22.2. The van der Waals surface area contributed by atoms with Gasteiger partial charge in [-0.05, 0) is 31.0 Å². The van der Waals surface area contributed by atoms with E-state index in [9.17, 15) is 0 Å². The molecule has 9 heteroatoms. The molecule has 0 atom stereocenters. The molecule has 4 aromatic heterocycles. The fourth-order valence-electron chi connectivity index (χ4n) is 4.04. The molecule has 1 aliphatic rings. The van der Waals surface area contributed by atoms with Crippen molar-refractivity contribution in [3.63, 3.8) is 0 Å². The highest BCUT2D eigenvalue weighted by Gasteiger charge is 2.16. The highest BCUT2D eigenvalue weighted by molar-refractivity contribution is 5.75. The molecule has 0 spiro atoms. The number of nitrogens with one attached hydrogen (secondary N) is 1. The topological polar surface area (TPSA) is 91.4 Å². The Labute approximate surface area is 189 Å². The highest BCUT2D eigenvalue weighted by atomic mass is 16.5. The summed E-state index contributed by atoms with van der Waals surface area (Å²) in [6.07, 6.45) is 14.7. The Hall–Kier alpha value is -4.40. The number of imidazole rings is 2. The van der Waals surface area contributed by atoms with Crippen molar-refractivity contribution in [3.05, 3.63) is 73.3 Å². The normalized spacial score (nSPS) is 12.9. The molecular weight excluding hydrogens is 418 g/mol. The van der Waals surface area contributed by atoms with Crippen LogP contribution < -0.4 is 14.8 Å². The highest BCUT2D eigenvalue weighted by Crippen LogP contribution is 2.31. The van der Waals surface area contributed by atoms with Crippen molar-refractivity contribution in [3.8, 4) is 28.6 Å². The van der Waals surface area contributed by atoms with Crippen LogP contribution in [0.3, 0.4) is 0 Å². The van der Waals surface area contributed by atoms with Crippen LogP contribution >= 0.6 is 0 Å². The van der Waals surface area contributed by atoms with E-state index in [4.69, 9.17) is 14.5 Å². The molecule has 0 saturated carbocycles. The summed E-state index contributed by atoms with van der Waals surface area (Å²) in [6.45, 7) is 0.718. The van der Waals surface area contributed by atoms with E-state index in [1.807, 2.05) is 52.0 Å². The molecule has 9 nitrogen and oxygen atoms in total. The maximum absolute atomic E-state index is 5.66. The van der Waals surface area contributed by atoms with E-state index >= 15 is 0 Å². The molecule has 0 saturated heterocycles. The van der Waals surface area contributed by atoms with E-state index in [2.05, 4.69) is 26.3 Å². The number of methoxy groups -OCH3 is 1. The molecule has 1 aliphatic heterocycles. The Kier molecular flexibility index (Phi) is 4.64. The van der Waals surface area contributed by atoms with Gasteiger partial charge in [0.05, 0.1) is 31.4 Å². The number of hydrogen-bond acceptors (Lipinski definition) is 7. The number of hydrogen-bond donors (Lipinski definition) is 1. The summed E-state index contributed by atoms with van der Waals surface area (Å²) in [5.41, 5.74) is 5.31. The maximum Gasteiger partial charge on any atom is 0.216 e. The quantitative estimate of drug-likeness (QED) is 0.442. The molecular formula is C24H21N7O2. The number of ether oxygens (including phenoxy) is 2. The fourth-order valence-corrected chi connectivity index (χ4v) is 4.04. The summed E-state index contributed by atoms with van der Waals surface area (Å²) in [4.78, 5) is 18.0. The maximum atomic E-state index is 5.66. The minimum Gasteiger partial charge on any atom is -0.494 e. The number of benzene rings is 1. The summed E-state index contributed by atoms with van der Waals surface area (Å²) in [5, 5.41) is 3.41. The number of pyridine rings is 1. The smallest absolute Gasteiger partial charge is 0.216 e. The van der Waals surface area contributed by atoms with Crippen LogP contribution in [0.25, 0.3) is 22.6 Å². The van der Waals surface area contributed by atoms with Gasteiger partial charge in [-0.1, -0.05) is 0 Å². The molecule has 0 unspecified atom stereocenters. The van der Waals surface area contributed by atoms with Gasteiger partial charge in [-0.25, -0.2) is 19.9 Å². The van der Waals surface area contributed by atoms with Crippen molar-refractivity contribution in [1.29, 1.82) is 0 Å². The van der Waals surface area contributed by atoms with Crippen LogP contribution in [0.2, 0.25) is 0 Å². The first-order valence-corrected chi connectivity index (χ1v) is 10.7. The molecule has 6 rings (SSSR count). The monoisotopic (exact) mass is 439 g/mol. The van der Waals surface area contributed by atoms with Gasteiger partial charge in [0, 0.05) is 60.1 Å². The average molecular weight is 439 g/mol. The third kappa shape index (κ3) is 3.53. The predicted molar refractivity (Wildman–Crippen MR) is 123 cm³/mol. The number of aryl methyl sites for hydroxylation is 1. The Morgan fingerprint density at radius 1 is 1.12 bits per heavy atom. The van der Waals surface area contributed by atoms with Crippen molar-refractivity contribution in [2.45, 2.75) is 12.8 Å². The van der Waals surface area contributed by atoms with E-state index in [1.165, 1.54) is 0 Å². The van der Waals surface area contributed by atoms with Crippen LogP contribution in [0, 0.1) is 0 Å². The number of anilines is 2. The second-order valence-electron chi connectivity index (χ2n) is 7.75. The first-order chi connectivity index (χ1) is 16.3. The molecule has 0 bridgehead atoms. The Morgan fingerprint density at radius 2 is 2.09 bits per heavy atom. The molecule has 0 fully saturated rings. The molecule has 0 aliphatic carbocycles. The molecule has 5 aromatic rings. The van der Waals surface area contributed by atoms with E-state index in [0.29, 0.717) is 11.6 Å². The van der Waals surface area contributed by atoms with Gasteiger partial charge in [0.15, 0.2) is 11.5 Å². The average Bonchev–Trinajstić information content (AvgIpc) is 3.56. The summed E-state index contributed by atoms with van der Waals surface area (Å²) in [7, 11) is 1.65. The second kappa shape index (κ2) is 7.94. The summed E-state index contributed by atoms with van der Waals surface area (Å²) < 4.78 is 15.1. The number of aromatic nitrogens is 6. The zero-order valence-electron chi connectivity index (χ0n) is 18.0. The number of fused-ring (bicyclic) bond motifs is 2. The van der Waals surface area contributed by atoms with Gasteiger partial charge in [0.2, 0.25) is 5.88 Å². The van der Waals surface area contributed by atoms with E-state index in [1.54, 1.807) is 25.8 Å². The first kappa shape index (κ1) is 19.3. The molecule has 0 radical (unpaired) electrons. The Morgan fingerprint density at radius 3 is 2.97 bits per heavy atom. The van der Waals surface area contributed by atoms with Gasteiger partial charge in [0.1, 0.15) is 5.75 Å². The molecule has 5 heterocycles. The van der Waals surface area contributed by atoms with Gasteiger partial charge >= 0.3 is 0 Å². The molecule has 1 aromatic carbocycles. The lowest BCUT2D eigenvalue weighted by molar-refractivity contribution is 0.276. The van der Waals surface area contributed by atoms with Crippen LogP contribution in [0.5, 0.6) is 11.6 Å². The third-order valence-corrected chi connectivity index (χ3v) is 5.65. The molecule has 1 N–H and O–H groups in total. The molecule has 33 heavy (non-hydrogen) atoms. The van der Waals surface area contributed by atoms with Crippen molar-refractivity contribution in [2.75, 3.05) is 19.0 Å². The van der Waals surface area contributed by atoms with Crippen LogP contribution in [-0.2, 0) is 6.42 Å². The molecule has 0 amide bonds. The number of nitrogens with zero attached hydrogens (tertiary/aromatic N) is 6. The van der Waals surface area contributed by atoms with E-state index in [-0.39, 0.29) is 0 Å². The van der Waals surface area contributed by atoms with Crippen LogP contribution in [0.1, 0.15) is 12.0 Å². The third-order valence-electron chi connectivity index (χ3n) is 5.65. The van der Waals surface area contributed by atoms with Crippen LogP contribution in [-0.4, -0.2) is 42.6 Å². The SMILES string of the molecule is COc1cc(Nc2nc(-c3cnc4c(c3)CCCO4)cn3ccnc23)ccc1-n1ccnc1. The van der Waals surface area contributed by atoms with Crippen molar-refractivity contribution in [2.24, 2.45) is 0 Å². The molecule has 164 valence electrons. The van der Waals surface area contributed by atoms with Gasteiger partial charge < -0.3 is 23.8 Å². The Bertz CT molecular complexity index is 1440. The summed E-state index contributed by atoms with van der Waals surface area (Å²) in [5.74, 6) is 2.08. The van der Waals surface area contributed by atoms with Crippen LogP contribution in [0.4, 0.5) is 11.5 Å². The Balaban J connectivity index is 1.39. The van der Waals surface area contributed by atoms with Crippen molar-refractivity contribution in [1.82, 2.24) is 28.9 Å². The van der Waals surface area contributed by atoms with Crippen LogP contribution in [0.15, 0.2) is 67.8 Å². The second-order valence-corrected chi connectivity index (χ2v) is 7.75. The van der Waals surface area contributed by atoms with Gasteiger partial charge in [-0.3, -0.25) is 0 Å². The first-order valence-electron chi connectivity index (χ1n) is 10.7. The minimum atomic E-state index is 0.643. The van der Waals surface area contributed by atoms with Crippen molar-refractivity contribution >= 4 is 17.2 Å². The summed E-state index contributed by atoms with van der Waals surface area (Å²) >= 11 is 0. The lowest BCUT2D eigenvalue weighted by Crippen LogP contribution is -2.10.